The van der Waals surface area contributed by atoms with Gasteiger partial charge in [0.15, 0.2) is 11.5 Å². The number of nitrogen functional groups attached to an aromatic ring is 1. The molecular formula is C14H14N2O4. The van der Waals surface area contributed by atoms with Gasteiger partial charge in [0.1, 0.15) is 5.69 Å². The normalized spacial score (nSPS) is 10.1. The van der Waals surface area contributed by atoms with Crippen molar-refractivity contribution in [1.82, 2.24) is 0 Å². The van der Waals surface area contributed by atoms with E-state index in [0.29, 0.717) is 22.6 Å². The van der Waals surface area contributed by atoms with E-state index in [-0.39, 0.29) is 11.4 Å². The van der Waals surface area contributed by atoms with Crippen molar-refractivity contribution in [3.63, 3.8) is 0 Å². The fourth-order valence-corrected chi connectivity index (χ4v) is 1.98. The van der Waals surface area contributed by atoms with Crippen LogP contribution in [0.15, 0.2) is 36.4 Å². The Bertz CT molecular complexity index is 656. The molecule has 0 atom stereocenters. The molecule has 0 heterocycles. The maximum absolute atomic E-state index is 11.0. The largest absolute Gasteiger partial charge is 0.493 e. The van der Waals surface area contributed by atoms with E-state index in [4.69, 9.17) is 15.2 Å². The Kier molecular flexibility index (Phi) is 3.74. The first-order valence-electron chi connectivity index (χ1n) is 5.83. The van der Waals surface area contributed by atoms with Crippen LogP contribution in [0.1, 0.15) is 0 Å². The zero-order valence-electron chi connectivity index (χ0n) is 11.1. The van der Waals surface area contributed by atoms with Gasteiger partial charge in [-0.1, -0.05) is 18.2 Å². The molecule has 0 saturated carbocycles. The summed E-state index contributed by atoms with van der Waals surface area (Å²) in [5.74, 6) is 1.08. The van der Waals surface area contributed by atoms with E-state index < -0.39 is 4.92 Å². The van der Waals surface area contributed by atoms with Crippen molar-refractivity contribution in [2.75, 3.05) is 20.0 Å². The molecule has 0 unspecified atom stereocenters. The molecule has 0 bridgehead atoms. The molecule has 0 amide bonds. The molecule has 20 heavy (non-hydrogen) atoms. The Morgan fingerprint density at radius 2 is 1.90 bits per heavy atom. The predicted octanol–water partition coefficient (Wildman–Crippen LogP) is 2.86. The molecule has 2 aromatic carbocycles. The average molecular weight is 274 g/mol. The monoisotopic (exact) mass is 274 g/mol. The highest BCUT2D eigenvalue weighted by Gasteiger charge is 2.16. The summed E-state index contributed by atoms with van der Waals surface area (Å²) in [4.78, 5) is 10.4. The standard InChI is InChI=1S/C14H14N2O4/c1-19-13-5-3-4-10(14(13)20-2)9-6-7-11(15)12(8-9)16(17)18/h3-8H,15H2,1-2H3. The number of benzene rings is 2. The van der Waals surface area contributed by atoms with Crippen LogP contribution in [-0.2, 0) is 0 Å². The van der Waals surface area contributed by atoms with E-state index in [0.717, 1.165) is 0 Å². The van der Waals surface area contributed by atoms with Crippen LogP contribution in [0.5, 0.6) is 11.5 Å². The fraction of sp³-hybridized carbons (Fsp3) is 0.143. The van der Waals surface area contributed by atoms with E-state index >= 15 is 0 Å². The third-order valence-corrected chi connectivity index (χ3v) is 2.94. The molecule has 6 nitrogen and oxygen atoms in total. The van der Waals surface area contributed by atoms with Crippen LogP contribution in [-0.4, -0.2) is 19.1 Å². The van der Waals surface area contributed by atoms with Gasteiger partial charge in [-0.2, -0.15) is 0 Å². The summed E-state index contributed by atoms with van der Waals surface area (Å²) in [7, 11) is 3.06. The number of hydrogen-bond donors (Lipinski definition) is 1. The van der Waals surface area contributed by atoms with Crippen molar-refractivity contribution in [1.29, 1.82) is 0 Å². The lowest BCUT2D eigenvalue weighted by atomic mass is 10.0. The van der Waals surface area contributed by atoms with Gasteiger partial charge in [-0.3, -0.25) is 10.1 Å². The van der Waals surface area contributed by atoms with Crippen molar-refractivity contribution in [2.24, 2.45) is 0 Å². The van der Waals surface area contributed by atoms with E-state index in [1.54, 1.807) is 24.3 Å². The lowest BCUT2D eigenvalue weighted by Crippen LogP contribution is -1.97. The lowest BCUT2D eigenvalue weighted by Gasteiger charge is -2.12. The van der Waals surface area contributed by atoms with Gasteiger partial charge in [-0.15, -0.1) is 0 Å². The predicted molar refractivity (Wildman–Crippen MR) is 76.0 cm³/mol. The Labute approximate surface area is 115 Å². The highest BCUT2D eigenvalue weighted by atomic mass is 16.6. The Hall–Kier alpha value is -2.76. The van der Waals surface area contributed by atoms with E-state index in [1.165, 1.54) is 26.4 Å². The topological polar surface area (TPSA) is 87.6 Å². The molecule has 0 aromatic heterocycles. The van der Waals surface area contributed by atoms with Crippen molar-refractivity contribution in [3.05, 3.63) is 46.5 Å². The molecule has 0 aliphatic heterocycles. The number of anilines is 1. The van der Waals surface area contributed by atoms with Crippen LogP contribution in [0, 0.1) is 10.1 Å². The molecule has 0 radical (unpaired) electrons. The molecule has 2 N–H and O–H groups in total. The third-order valence-electron chi connectivity index (χ3n) is 2.94. The number of methoxy groups -OCH3 is 2. The van der Waals surface area contributed by atoms with Crippen LogP contribution < -0.4 is 15.2 Å². The summed E-state index contributed by atoms with van der Waals surface area (Å²) >= 11 is 0. The molecule has 0 saturated heterocycles. The third kappa shape index (κ3) is 2.35. The maximum atomic E-state index is 11.0. The van der Waals surface area contributed by atoms with Crippen LogP contribution in [0.4, 0.5) is 11.4 Å². The van der Waals surface area contributed by atoms with E-state index in [9.17, 15) is 10.1 Å². The van der Waals surface area contributed by atoms with Crippen molar-refractivity contribution < 1.29 is 14.4 Å². The summed E-state index contributed by atoms with van der Waals surface area (Å²) < 4.78 is 10.5. The average Bonchev–Trinajstić information content (AvgIpc) is 2.46. The quantitative estimate of drug-likeness (QED) is 0.526. The molecule has 0 aliphatic rings. The highest BCUT2D eigenvalue weighted by Crippen LogP contribution is 2.39. The molecule has 0 aliphatic carbocycles. The van der Waals surface area contributed by atoms with E-state index in [1.807, 2.05) is 0 Å². The summed E-state index contributed by atoms with van der Waals surface area (Å²) in [5.41, 5.74) is 6.94. The highest BCUT2D eigenvalue weighted by molar-refractivity contribution is 5.78. The Morgan fingerprint density at radius 1 is 1.15 bits per heavy atom. The van der Waals surface area contributed by atoms with Crippen LogP contribution in [0.2, 0.25) is 0 Å². The maximum Gasteiger partial charge on any atom is 0.292 e. The minimum Gasteiger partial charge on any atom is -0.493 e. The molecule has 2 rings (SSSR count). The SMILES string of the molecule is COc1cccc(-c2ccc(N)c([N+](=O)[O-])c2)c1OC. The minimum absolute atomic E-state index is 0.126. The van der Waals surface area contributed by atoms with Gasteiger partial charge in [0.2, 0.25) is 0 Å². The number of nitro groups is 1. The van der Waals surface area contributed by atoms with Crippen LogP contribution in [0.25, 0.3) is 11.1 Å². The smallest absolute Gasteiger partial charge is 0.292 e. The second-order valence-corrected chi connectivity index (χ2v) is 4.07. The van der Waals surface area contributed by atoms with Gasteiger partial charge < -0.3 is 15.2 Å². The van der Waals surface area contributed by atoms with Crippen molar-refractivity contribution in [2.45, 2.75) is 0 Å². The van der Waals surface area contributed by atoms with E-state index in [2.05, 4.69) is 0 Å². The van der Waals surface area contributed by atoms with Gasteiger partial charge in [0.05, 0.1) is 19.1 Å². The number of nitro benzene ring substituents is 1. The first kappa shape index (κ1) is 13.7. The lowest BCUT2D eigenvalue weighted by molar-refractivity contribution is -0.383. The van der Waals surface area contributed by atoms with Gasteiger partial charge in [-0.05, 0) is 17.7 Å². The second kappa shape index (κ2) is 5.48. The van der Waals surface area contributed by atoms with Gasteiger partial charge in [0.25, 0.3) is 5.69 Å². The molecule has 0 spiro atoms. The van der Waals surface area contributed by atoms with Gasteiger partial charge in [-0.25, -0.2) is 0 Å². The Morgan fingerprint density at radius 3 is 2.50 bits per heavy atom. The summed E-state index contributed by atoms with van der Waals surface area (Å²) in [6.45, 7) is 0. The number of para-hydroxylation sites is 1. The fourth-order valence-electron chi connectivity index (χ4n) is 1.98. The number of nitrogens with two attached hydrogens (primary N) is 1. The zero-order valence-corrected chi connectivity index (χ0v) is 11.1. The summed E-state index contributed by atoms with van der Waals surface area (Å²) in [5, 5.41) is 11.0. The molecule has 0 fully saturated rings. The number of nitrogens with zero attached hydrogens (tertiary/aromatic N) is 1. The van der Waals surface area contributed by atoms with Crippen molar-refractivity contribution in [3.8, 4) is 22.6 Å². The van der Waals surface area contributed by atoms with Gasteiger partial charge >= 0.3 is 0 Å². The number of hydrogen-bond acceptors (Lipinski definition) is 5. The van der Waals surface area contributed by atoms with Crippen LogP contribution >= 0.6 is 0 Å². The minimum atomic E-state index is -0.508. The van der Waals surface area contributed by atoms with Crippen molar-refractivity contribution >= 4 is 11.4 Å². The molecule has 2 aromatic rings. The zero-order chi connectivity index (χ0) is 14.7. The summed E-state index contributed by atoms with van der Waals surface area (Å²) in [6.07, 6.45) is 0. The first-order valence-corrected chi connectivity index (χ1v) is 5.83. The van der Waals surface area contributed by atoms with Gasteiger partial charge in [0, 0.05) is 11.6 Å². The molecule has 6 heteroatoms. The van der Waals surface area contributed by atoms with Crippen LogP contribution in [0.3, 0.4) is 0 Å². The second-order valence-electron chi connectivity index (χ2n) is 4.07. The Balaban J connectivity index is 2.63. The molecule has 104 valence electrons. The number of ether oxygens (including phenoxy) is 2. The summed E-state index contributed by atoms with van der Waals surface area (Å²) in [6, 6.07) is 9.99. The number of rotatable bonds is 4. The first-order chi connectivity index (χ1) is 9.58. The molecular weight excluding hydrogens is 260 g/mol.